The first kappa shape index (κ1) is 21.9. The minimum atomic E-state index is -0.559. The van der Waals surface area contributed by atoms with E-state index in [1.54, 1.807) is 0 Å². The first-order valence-electron chi connectivity index (χ1n) is 9.06. The van der Waals surface area contributed by atoms with Crippen LogP contribution in [0.4, 0.5) is 0 Å². The molecule has 0 aromatic rings. The van der Waals surface area contributed by atoms with Gasteiger partial charge in [0.25, 0.3) is 0 Å². The molecule has 0 saturated carbocycles. The van der Waals surface area contributed by atoms with Crippen molar-refractivity contribution >= 4 is 7.32 Å². The van der Waals surface area contributed by atoms with Crippen LogP contribution in [0.5, 0.6) is 0 Å². The van der Waals surface area contributed by atoms with Crippen LogP contribution in [-0.2, 0) is 14.0 Å². The molecule has 0 saturated heterocycles. The van der Waals surface area contributed by atoms with E-state index in [1.807, 2.05) is 0 Å². The van der Waals surface area contributed by atoms with E-state index in [0.717, 1.165) is 19.3 Å². The highest BCUT2D eigenvalue weighted by atomic mass is 16.7. The predicted molar refractivity (Wildman–Crippen MR) is 95.8 cm³/mol. The molecule has 0 rings (SSSR count). The second kappa shape index (κ2) is 11.5. The zero-order valence-electron chi connectivity index (χ0n) is 16.4. The van der Waals surface area contributed by atoms with Gasteiger partial charge in [0.05, 0.1) is 0 Å². The maximum absolute atomic E-state index is 6.02. The maximum Gasteiger partial charge on any atom is 0.639 e. The topological polar surface area (TPSA) is 27.7 Å². The third-order valence-electron chi connectivity index (χ3n) is 3.44. The van der Waals surface area contributed by atoms with Crippen LogP contribution in [0.2, 0.25) is 0 Å². The molecule has 0 aliphatic rings. The molecule has 0 aliphatic heterocycles. The van der Waals surface area contributed by atoms with Crippen LogP contribution in [0.25, 0.3) is 0 Å². The van der Waals surface area contributed by atoms with E-state index in [4.69, 9.17) is 14.0 Å². The summed E-state index contributed by atoms with van der Waals surface area (Å²) in [4.78, 5) is 0. The molecule has 4 heteroatoms. The second-order valence-electron chi connectivity index (χ2n) is 8.02. The first-order chi connectivity index (χ1) is 10.1. The van der Waals surface area contributed by atoms with Crippen molar-refractivity contribution in [2.24, 2.45) is 17.8 Å². The van der Waals surface area contributed by atoms with E-state index in [2.05, 4.69) is 62.3 Å². The SMILES string of the molecule is CC(C)C[C@@H](C)OB(O[C@@H](C)CC(C)C)O[C@@H](C)CC(C)C. The Hall–Kier alpha value is -0.0551. The molecule has 0 aromatic carbocycles. The Balaban J connectivity index is 4.53. The van der Waals surface area contributed by atoms with Crippen LogP contribution in [0, 0.1) is 17.8 Å². The normalized spacial score (nSPS) is 16.4. The maximum atomic E-state index is 6.02. The quantitative estimate of drug-likeness (QED) is 0.456. The summed E-state index contributed by atoms with van der Waals surface area (Å²) < 4.78 is 18.1. The van der Waals surface area contributed by atoms with Crippen molar-refractivity contribution in [2.45, 2.75) is 99.9 Å². The van der Waals surface area contributed by atoms with Crippen molar-refractivity contribution in [1.29, 1.82) is 0 Å². The minimum absolute atomic E-state index is 0.141. The molecule has 0 aromatic heterocycles. The van der Waals surface area contributed by atoms with E-state index >= 15 is 0 Å². The second-order valence-corrected chi connectivity index (χ2v) is 8.02. The predicted octanol–water partition coefficient (Wildman–Crippen LogP) is 5.32. The molecule has 132 valence electrons. The molecule has 3 nitrogen and oxygen atoms in total. The van der Waals surface area contributed by atoms with Gasteiger partial charge in [0.2, 0.25) is 0 Å². The highest BCUT2D eigenvalue weighted by Crippen LogP contribution is 2.16. The van der Waals surface area contributed by atoms with E-state index in [0.29, 0.717) is 17.8 Å². The zero-order chi connectivity index (χ0) is 17.3. The summed E-state index contributed by atoms with van der Waals surface area (Å²) in [5.74, 6) is 1.82. The van der Waals surface area contributed by atoms with Crippen molar-refractivity contribution in [2.75, 3.05) is 0 Å². The fourth-order valence-electron chi connectivity index (χ4n) is 2.82. The number of hydrogen-bond acceptors (Lipinski definition) is 3. The van der Waals surface area contributed by atoms with E-state index < -0.39 is 7.32 Å². The molecule has 22 heavy (non-hydrogen) atoms. The molecule has 0 N–H and O–H groups in total. The Bertz CT molecular complexity index is 226. The number of rotatable bonds is 12. The highest BCUT2D eigenvalue weighted by molar-refractivity contribution is 6.36. The summed E-state index contributed by atoms with van der Waals surface area (Å²) in [5, 5.41) is 0. The van der Waals surface area contributed by atoms with Crippen molar-refractivity contribution in [3.8, 4) is 0 Å². The van der Waals surface area contributed by atoms with Gasteiger partial charge in [-0.1, -0.05) is 41.5 Å². The van der Waals surface area contributed by atoms with Gasteiger partial charge in [-0.2, -0.15) is 0 Å². The molecule has 0 aliphatic carbocycles. The van der Waals surface area contributed by atoms with Gasteiger partial charge >= 0.3 is 7.32 Å². The molecular formula is C18H39BO3. The van der Waals surface area contributed by atoms with Gasteiger partial charge in [-0.25, -0.2) is 0 Å². The molecule has 0 spiro atoms. The average Bonchev–Trinajstić information content (AvgIpc) is 2.23. The fraction of sp³-hybridized carbons (Fsp3) is 1.00. The molecule has 3 atom stereocenters. The summed E-state index contributed by atoms with van der Waals surface area (Å²) >= 11 is 0. The first-order valence-corrected chi connectivity index (χ1v) is 9.06. The molecule has 0 fully saturated rings. The van der Waals surface area contributed by atoms with Crippen molar-refractivity contribution < 1.29 is 14.0 Å². The summed E-state index contributed by atoms with van der Waals surface area (Å²) in [7, 11) is -0.559. The Morgan fingerprint density at radius 1 is 0.500 bits per heavy atom. The van der Waals surface area contributed by atoms with Gasteiger partial charge in [-0.3, -0.25) is 0 Å². The Morgan fingerprint density at radius 2 is 0.727 bits per heavy atom. The Morgan fingerprint density at radius 3 is 0.909 bits per heavy atom. The average molecular weight is 314 g/mol. The lowest BCUT2D eigenvalue weighted by Crippen LogP contribution is -2.37. The Labute approximate surface area is 139 Å². The fourth-order valence-corrected chi connectivity index (χ4v) is 2.82. The van der Waals surface area contributed by atoms with Crippen LogP contribution < -0.4 is 0 Å². The number of hydrogen-bond donors (Lipinski definition) is 0. The van der Waals surface area contributed by atoms with Crippen LogP contribution in [0.3, 0.4) is 0 Å². The summed E-state index contributed by atoms with van der Waals surface area (Å²) in [5.41, 5.74) is 0. The van der Waals surface area contributed by atoms with Crippen LogP contribution in [-0.4, -0.2) is 25.6 Å². The van der Waals surface area contributed by atoms with E-state index in [-0.39, 0.29) is 18.3 Å². The van der Waals surface area contributed by atoms with Gasteiger partial charge in [-0.15, -0.1) is 0 Å². The molecule has 0 radical (unpaired) electrons. The zero-order valence-corrected chi connectivity index (χ0v) is 16.4. The summed E-state index contributed by atoms with van der Waals surface area (Å²) in [6.45, 7) is 19.5. The lowest BCUT2D eigenvalue weighted by molar-refractivity contribution is 0.00752. The standard InChI is InChI=1S/C18H39BO3/c1-13(2)10-16(7)20-19(21-17(8)11-14(3)4)22-18(9)12-15(5)6/h13-18H,10-12H2,1-9H3/t16-,17-,18+/m0/s1. The van der Waals surface area contributed by atoms with Crippen molar-refractivity contribution in [3.63, 3.8) is 0 Å². The molecule has 0 bridgehead atoms. The lowest BCUT2D eigenvalue weighted by atomic mass is 10.0. The van der Waals surface area contributed by atoms with Crippen LogP contribution in [0.1, 0.15) is 81.6 Å². The third kappa shape index (κ3) is 12.5. The molecule has 0 amide bonds. The summed E-state index contributed by atoms with van der Waals surface area (Å²) in [6.07, 6.45) is 3.47. The lowest BCUT2D eigenvalue weighted by Gasteiger charge is -2.26. The van der Waals surface area contributed by atoms with Crippen molar-refractivity contribution in [3.05, 3.63) is 0 Å². The minimum Gasteiger partial charge on any atom is -0.383 e. The van der Waals surface area contributed by atoms with E-state index in [9.17, 15) is 0 Å². The largest absolute Gasteiger partial charge is 0.639 e. The van der Waals surface area contributed by atoms with Gasteiger partial charge in [0.1, 0.15) is 0 Å². The van der Waals surface area contributed by atoms with E-state index in [1.165, 1.54) is 0 Å². The summed E-state index contributed by atoms with van der Waals surface area (Å²) in [6, 6.07) is 0. The smallest absolute Gasteiger partial charge is 0.383 e. The third-order valence-corrected chi connectivity index (χ3v) is 3.44. The van der Waals surface area contributed by atoms with Crippen LogP contribution in [0.15, 0.2) is 0 Å². The van der Waals surface area contributed by atoms with Gasteiger partial charge in [-0.05, 0) is 57.8 Å². The molecule has 0 heterocycles. The molecular weight excluding hydrogens is 275 g/mol. The Kier molecular flexibility index (Phi) is 11.4. The van der Waals surface area contributed by atoms with Crippen LogP contribution >= 0.6 is 0 Å². The van der Waals surface area contributed by atoms with Gasteiger partial charge in [0, 0.05) is 18.3 Å². The van der Waals surface area contributed by atoms with Crippen molar-refractivity contribution in [1.82, 2.24) is 0 Å². The van der Waals surface area contributed by atoms with Gasteiger partial charge < -0.3 is 14.0 Å². The molecule has 0 unspecified atom stereocenters. The monoisotopic (exact) mass is 314 g/mol. The highest BCUT2D eigenvalue weighted by Gasteiger charge is 2.29. The van der Waals surface area contributed by atoms with Gasteiger partial charge in [0.15, 0.2) is 0 Å².